The summed E-state index contributed by atoms with van der Waals surface area (Å²) in [5, 5.41) is 11.9. The van der Waals surface area contributed by atoms with Crippen LogP contribution >= 0.6 is 0 Å². The molecule has 2 N–H and O–H groups in total. The van der Waals surface area contributed by atoms with Gasteiger partial charge in [-0.05, 0) is 5.56 Å². The SMILES string of the molecule is O=C(O)c1cnc2nc(Cc3ccccc3)[nH]n12. The number of nitrogens with zero attached hydrogens (tertiary/aromatic N) is 3. The molecule has 0 unspecified atom stereocenters. The highest BCUT2D eigenvalue weighted by atomic mass is 16.4. The fourth-order valence-corrected chi connectivity index (χ4v) is 1.83. The van der Waals surface area contributed by atoms with Gasteiger partial charge in [0.15, 0.2) is 5.69 Å². The van der Waals surface area contributed by atoms with E-state index in [2.05, 4.69) is 15.1 Å². The third-order valence-corrected chi connectivity index (χ3v) is 2.65. The van der Waals surface area contributed by atoms with Gasteiger partial charge < -0.3 is 5.11 Å². The van der Waals surface area contributed by atoms with Gasteiger partial charge in [-0.2, -0.15) is 4.98 Å². The number of hydrogen-bond donors (Lipinski definition) is 2. The van der Waals surface area contributed by atoms with Gasteiger partial charge in [-0.1, -0.05) is 30.3 Å². The number of imidazole rings is 1. The number of carboxylic acids is 1. The lowest BCUT2D eigenvalue weighted by Gasteiger charge is -1.96. The molecule has 3 aromatic rings. The maximum Gasteiger partial charge on any atom is 0.356 e. The second-order valence-electron chi connectivity index (χ2n) is 3.92. The summed E-state index contributed by atoms with van der Waals surface area (Å²) in [7, 11) is 0. The Morgan fingerprint density at radius 1 is 1.33 bits per heavy atom. The standard InChI is InChI=1S/C12H10N4O2/c17-11(18)9-7-13-12-14-10(15-16(9)12)6-8-4-2-1-3-5-8/h1-5,7H,6H2,(H,17,18)(H,13,14,15). The number of H-pyrrole nitrogens is 1. The minimum absolute atomic E-state index is 0.0804. The molecule has 0 bridgehead atoms. The van der Waals surface area contributed by atoms with Crippen LogP contribution in [0.1, 0.15) is 21.9 Å². The minimum atomic E-state index is -1.03. The van der Waals surface area contributed by atoms with E-state index in [9.17, 15) is 4.79 Å². The van der Waals surface area contributed by atoms with Gasteiger partial charge in [-0.15, -0.1) is 0 Å². The van der Waals surface area contributed by atoms with Crippen LogP contribution in [0.3, 0.4) is 0 Å². The lowest BCUT2D eigenvalue weighted by atomic mass is 10.1. The number of aromatic amines is 1. The first kappa shape index (κ1) is 10.5. The summed E-state index contributed by atoms with van der Waals surface area (Å²) in [5.41, 5.74) is 1.18. The third kappa shape index (κ3) is 1.73. The summed E-state index contributed by atoms with van der Waals surface area (Å²) in [4.78, 5) is 19.1. The quantitative estimate of drug-likeness (QED) is 0.726. The smallest absolute Gasteiger partial charge is 0.356 e. The first-order valence-electron chi connectivity index (χ1n) is 5.43. The molecular formula is C12H10N4O2. The topological polar surface area (TPSA) is 83.3 Å². The average molecular weight is 242 g/mol. The summed E-state index contributed by atoms with van der Waals surface area (Å²) in [5.74, 6) is 0.0301. The van der Waals surface area contributed by atoms with Crippen LogP contribution < -0.4 is 0 Å². The summed E-state index contributed by atoms with van der Waals surface area (Å²) in [6.45, 7) is 0. The van der Waals surface area contributed by atoms with Crippen molar-refractivity contribution >= 4 is 11.7 Å². The molecule has 18 heavy (non-hydrogen) atoms. The molecule has 3 rings (SSSR count). The maximum atomic E-state index is 10.9. The Morgan fingerprint density at radius 3 is 2.83 bits per heavy atom. The summed E-state index contributed by atoms with van der Waals surface area (Å²) in [6.07, 6.45) is 1.90. The molecule has 1 aromatic carbocycles. The molecule has 2 aromatic heterocycles. The number of benzene rings is 1. The van der Waals surface area contributed by atoms with E-state index in [-0.39, 0.29) is 5.69 Å². The van der Waals surface area contributed by atoms with E-state index in [4.69, 9.17) is 5.11 Å². The second-order valence-corrected chi connectivity index (χ2v) is 3.92. The van der Waals surface area contributed by atoms with Crippen molar-refractivity contribution in [2.24, 2.45) is 0 Å². The van der Waals surface area contributed by atoms with Gasteiger partial charge >= 0.3 is 5.97 Å². The van der Waals surface area contributed by atoms with Gasteiger partial charge in [0.05, 0.1) is 6.20 Å². The summed E-state index contributed by atoms with van der Waals surface area (Å²) < 4.78 is 1.38. The zero-order valence-corrected chi connectivity index (χ0v) is 9.37. The van der Waals surface area contributed by atoms with Gasteiger partial charge in [-0.3, -0.25) is 5.10 Å². The number of carbonyl (C=O) groups is 1. The van der Waals surface area contributed by atoms with E-state index in [0.717, 1.165) is 5.56 Å². The molecule has 0 aliphatic heterocycles. The molecule has 6 heteroatoms. The second kappa shape index (κ2) is 3.99. The zero-order chi connectivity index (χ0) is 12.5. The molecule has 0 saturated carbocycles. The lowest BCUT2D eigenvalue weighted by Crippen LogP contribution is -2.02. The molecule has 2 heterocycles. The predicted octanol–water partition coefficient (Wildman–Crippen LogP) is 1.35. The Kier molecular flexibility index (Phi) is 2.33. The number of fused-ring (bicyclic) bond motifs is 1. The normalized spacial score (nSPS) is 10.9. The number of aromatic nitrogens is 4. The number of hydrogen-bond acceptors (Lipinski definition) is 3. The number of rotatable bonds is 3. The van der Waals surface area contributed by atoms with Gasteiger partial charge in [0.1, 0.15) is 5.82 Å². The van der Waals surface area contributed by atoms with Crippen molar-refractivity contribution < 1.29 is 9.90 Å². The van der Waals surface area contributed by atoms with Crippen LogP contribution in [0.4, 0.5) is 0 Å². The van der Waals surface area contributed by atoms with Gasteiger partial charge in [0, 0.05) is 6.42 Å². The Hall–Kier alpha value is -2.63. The van der Waals surface area contributed by atoms with Crippen LogP contribution in [0.5, 0.6) is 0 Å². The monoisotopic (exact) mass is 242 g/mol. The van der Waals surface area contributed by atoms with Crippen LogP contribution in [0.2, 0.25) is 0 Å². The fraction of sp³-hybridized carbons (Fsp3) is 0.0833. The maximum absolute atomic E-state index is 10.9. The van der Waals surface area contributed by atoms with E-state index in [0.29, 0.717) is 18.0 Å². The molecule has 0 spiro atoms. The Balaban J connectivity index is 1.97. The third-order valence-electron chi connectivity index (χ3n) is 2.65. The van der Waals surface area contributed by atoms with Crippen LogP contribution in [-0.2, 0) is 6.42 Å². The molecule has 0 aliphatic rings. The highest BCUT2D eigenvalue weighted by molar-refractivity contribution is 5.86. The highest BCUT2D eigenvalue weighted by Gasteiger charge is 2.13. The largest absolute Gasteiger partial charge is 0.476 e. The molecule has 0 fully saturated rings. The van der Waals surface area contributed by atoms with E-state index < -0.39 is 5.97 Å². The van der Waals surface area contributed by atoms with Gasteiger partial charge in [0.25, 0.3) is 5.78 Å². The number of aromatic carboxylic acids is 1. The van der Waals surface area contributed by atoms with Gasteiger partial charge in [-0.25, -0.2) is 14.3 Å². The minimum Gasteiger partial charge on any atom is -0.476 e. The van der Waals surface area contributed by atoms with Crippen molar-refractivity contribution in [2.75, 3.05) is 0 Å². The summed E-state index contributed by atoms with van der Waals surface area (Å²) >= 11 is 0. The lowest BCUT2D eigenvalue weighted by molar-refractivity contribution is 0.0688. The van der Waals surface area contributed by atoms with Crippen molar-refractivity contribution in [1.29, 1.82) is 0 Å². The molecular weight excluding hydrogens is 232 g/mol. The Labute approximate surface area is 102 Å². The number of carboxylic acid groups (broad SMARTS) is 1. The van der Waals surface area contributed by atoms with Crippen molar-refractivity contribution in [3.05, 3.63) is 53.6 Å². The van der Waals surface area contributed by atoms with Crippen molar-refractivity contribution in [3.8, 4) is 0 Å². The van der Waals surface area contributed by atoms with Crippen LogP contribution in [-0.4, -0.2) is 30.7 Å². The highest BCUT2D eigenvalue weighted by Crippen LogP contribution is 2.09. The molecule has 0 saturated heterocycles. The predicted molar refractivity (Wildman–Crippen MR) is 63.5 cm³/mol. The first-order valence-corrected chi connectivity index (χ1v) is 5.43. The van der Waals surface area contributed by atoms with Gasteiger partial charge in [0.2, 0.25) is 0 Å². The molecule has 0 aliphatic carbocycles. The molecule has 0 radical (unpaired) electrons. The molecule has 6 nitrogen and oxygen atoms in total. The van der Waals surface area contributed by atoms with Crippen molar-refractivity contribution in [1.82, 2.24) is 19.6 Å². The average Bonchev–Trinajstić information content (AvgIpc) is 2.89. The zero-order valence-electron chi connectivity index (χ0n) is 9.37. The molecule has 90 valence electrons. The van der Waals surface area contributed by atoms with Crippen LogP contribution in [0.15, 0.2) is 36.5 Å². The van der Waals surface area contributed by atoms with Crippen molar-refractivity contribution in [2.45, 2.75) is 6.42 Å². The molecule has 0 amide bonds. The Morgan fingerprint density at radius 2 is 2.11 bits per heavy atom. The van der Waals surface area contributed by atoms with E-state index in [1.807, 2.05) is 30.3 Å². The van der Waals surface area contributed by atoms with E-state index >= 15 is 0 Å². The summed E-state index contributed by atoms with van der Waals surface area (Å²) in [6, 6.07) is 9.83. The first-order chi connectivity index (χ1) is 8.74. The Bertz CT molecular complexity index is 699. The van der Waals surface area contributed by atoms with Crippen LogP contribution in [0, 0.1) is 0 Å². The van der Waals surface area contributed by atoms with E-state index in [1.54, 1.807) is 0 Å². The fourth-order valence-electron chi connectivity index (χ4n) is 1.83. The number of nitrogens with one attached hydrogen (secondary N) is 1. The van der Waals surface area contributed by atoms with Crippen LogP contribution in [0.25, 0.3) is 5.78 Å². The van der Waals surface area contributed by atoms with Crippen molar-refractivity contribution in [3.63, 3.8) is 0 Å². The van der Waals surface area contributed by atoms with E-state index in [1.165, 1.54) is 10.7 Å². The molecule has 0 atom stereocenters.